The Morgan fingerprint density at radius 3 is 0.973 bits per heavy atom. The molecule has 9 nitrogen and oxygen atoms in total. The van der Waals surface area contributed by atoms with E-state index < -0.39 is 6.10 Å². The van der Waals surface area contributed by atoms with E-state index in [-0.39, 0.29) is 13.2 Å². The van der Waals surface area contributed by atoms with E-state index in [1.165, 1.54) is 258 Å². The average molecular weight is 1080 g/mol. The van der Waals surface area contributed by atoms with E-state index in [0.717, 1.165) is 47.7 Å². The van der Waals surface area contributed by atoms with Crippen LogP contribution in [-0.4, -0.2) is 204 Å². The molecule has 0 amide bonds. The van der Waals surface area contributed by atoms with Crippen LogP contribution in [0.3, 0.4) is 0 Å². The Morgan fingerprint density at radius 1 is 0.387 bits per heavy atom. The smallest absolute Gasteiger partial charge is 0.102 e. The van der Waals surface area contributed by atoms with Gasteiger partial charge in [0.05, 0.1) is 147 Å². The number of hydrogen-bond donors (Lipinski definition) is 3. The van der Waals surface area contributed by atoms with Crippen LogP contribution in [0, 0.1) is 0 Å². The van der Waals surface area contributed by atoms with Crippen molar-refractivity contribution in [1.29, 1.82) is 0 Å². The lowest BCUT2D eigenvalue weighted by Crippen LogP contribution is -2.51. The van der Waals surface area contributed by atoms with Gasteiger partial charge in [0.1, 0.15) is 19.6 Å². The van der Waals surface area contributed by atoms with Gasteiger partial charge < -0.3 is 42.5 Å². The average Bonchev–Trinajstić information content (AvgIpc) is 3.38. The number of ether oxygens (including phenoxy) is 1. The van der Waals surface area contributed by atoms with Gasteiger partial charge in [-0.1, -0.05) is 158 Å². The summed E-state index contributed by atoms with van der Waals surface area (Å²) < 4.78 is 11.0. The van der Waals surface area contributed by atoms with Crippen LogP contribution in [0.15, 0.2) is 0 Å². The molecule has 3 N–H and O–H groups in total. The van der Waals surface area contributed by atoms with Gasteiger partial charge in [0.15, 0.2) is 0 Å². The van der Waals surface area contributed by atoms with Crippen LogP contribution < -0.4 is 0 Å². The number of quaternary nitrogens is 5. The summed E-state index contributed by atoms with van der Waals surface area (Å²) in [7, 11) is 15.7. The molecule has 1 fully saturated rings. The normalized spacial score (nSPS) is 13.9. The molecule has 0 spiro atoms. The Balaban J connectivity index is -0.000000448. The molecule has 1 atom stereocenters. The van der Waals surface area contributed by atoms with Gasteiger partial charge in [0.25, 0.3) is 0 Å². The molecule has 1 aliphatic carbocycles. The number of unbranched alkanes of at least 4 members (excludes halogenated alkanes) is 19. The number of aliphatic hydroxyl groups excluding tert-OH is 3. The fraction of sp³-hybridized carbons (Fsp3) is 1.00. The van der Waals surface area contributed by atoms with Crippen molar-refractivity contribution in [3.8, 4) is 0 Å². The number of aliphatic hydroxyl groups is 3. The highest BCUT2D eigenvalue weighted by Gasteiger charge is 2.26. The van der Waals surface area contributed by atoms with Gasteiger partial charge in [0, 0.05) is 0 Å². The van der Waals surface area contributed by atoms with Crippen molar-refractivity contribution in [1.82, 2.24) is 0 Å². The van der Waals surface area contributed by atoms with E-state index in [1.54, 1.807) is 6.92 Å². The first kappa shape index (κ1) is 81.1. The molecule has 0 radical (unpaired) electrons. The van der Waals surface area contributed by atoms with Gasteiger partial charge >= 0.3 is 0 Å². The molecule has 75 heavy (non-hydrogen) atoms. The van der Waals surface area contributed by atoms with Crippen LogP contribution in [-0.2, 0) is 4.74 Å². The largest absolute Gasteiger partial charge is 0.391 e. The summed E-state index contributed by atoms with van der Waals surface area (Å²) in [4.78, 5) is 0. The standard InChI is InChI=1S/C25H54N.C16H36N.C11H26NO3.C9H20N.C5H14NO/c1-5-8-11-14-17-20-23-26(4,24-21-18-15-12-9-6-2)25-22-19-16-13-10-7-3;1-5-9-13-17(14-10-6-2,15-11-7-3)16-12-8-4;1-4-12(5-2,6-8-13)7-9-15-10-11(3)14;1-10(2,3)9-7-5-4-6-8-9;1-6(2,3)4-5-7/h5-25H2,1-4H3;5-16H2,1-4H3;11,13-14H,4-10H2,1-3H3;9H,4-8H2,1-3H3;7H,4-5H2,1-3H3/q5*+1. The summed E-state index contributed by atoms with van der Waals surface area (Å²) in [6, 6.07) is 0.939. The van der Waals surface area contributed by atoms with Crippen molar-refractivity contribution in [3.63, 3.8) is 0 Å². The number of likely N-dealkylation sites (N-methyl/N-ethyl adjacent to an activating group) is 2. The molecule has 0 saturated heterocycles. The van der Waals surface area contributed by atoms with E-state index in [4.69, 9.17) is 20.1 Å². The Labute approximate surface area is 475 Å². The molecule has 9 heteroatoms. The quantitative estimate of drug-likeness (QED) is 0.0420. The molecule has 0 aromatic carbocycles. The van der Waals surface area contributed by atoms with E-state index in [0.29, 0.717) is 13.2 Å². The van der Waals surface area contributed by atoms with Crippen molar-refractivity contribution < 1.29 is 42.5 Å². The molecule has 0 bridgehead atoms. The fourth-order valence-corrected chi connectivity index (χ4v) is 10.6. The molecule has 1 aliphatic rings. The molecule has 1 rings (SSSR count). The first-order chi connectivity index (χ1) is 35.7. The molecule has 0 heterocycles. The lowest BCUT2D eigenvalue weighted by molar-refractivity contribution is -0.929. The number of hydrogen-bond acceptors (Lipinski definition) is 4. The van der Waals surface area contributed by atoms with Gasteiger partial charge in [-0.25, -0.2) is 0 Å². The predicted octanol–water partition coefficient (Wildman–Crippen LogP) is 15.5. The molecular formula is C66H150N5O4+5. The molecular weight excluding hydrogens is 927 g/mol. The summed E-state index contributed by atoms with van der Waals surface area (Å²) >= 11 is 0. The minimum Gasteiger partial charge on any atom is -0.391 e. The van der Waals surface area contributed by atoms with E-state index in [1.807, 2.05) is 0 Å². The third kappa shape index (κ3) is 55.3. The maximum Gasteiger partial charge on any atom is 0.102 e. The second-order valence-electron chi connectivity index (χ2n) is 26.0. The maximum atomic E-state index is 9.03. The number of nitrogens with zero attached hydrogens (tertiary/aromatic N) is 5. The highest BCUT2D eigenvalue weighted by atomic mass is 16.5. The van der Waals surface area contributed by atoms with Gasteiger partial charge in [-0.05, 0) is 111 Å². The van der Waals surface area contributed by atoms with Crippen LogP contribution in [0.2, 0.25) is 0 Å². The van der Waals surface area contributed by atoms with Gasteiger partial charge in [-0.2, -0.15) is 0 Å². The van der Waals surface area contributed by atoms with Crippen molar-refractivity contribution >= 4 is 0 Å². The van der Waals surface area contributed by atoms with Crippen LogP contribution in [0.4, 0.5) is 0 Å². The zero-order valence-electron chi connectivity index (χ0n) is 55.4. The zero-order chi connectivity index (χ0) is 57.6. The van der Waals surface area contributed by atoms with Crippen LogP contribution in [0.5, 0.6) is 0 Å². The Bertz CT molecular complexity index is 1010. The third-order valence-electron chi connectivity index (χ3n) is 16.5. The maximum absolute atomic E-state index is 9.03. The Kier molecular flexibility index (Phi) is 60.1. The summed E-state index contributed by atoms with van der Waals surface area (Å²) in [6.07, 6.45) is 43.8. The van der Waals surface area contributed by atoms with Crippen LogP contribution in [0.25, 0.3) is 0 Å². The SMILES string of the molecule is CCCCCCCC[N+](C)(CCCCCCCC)CCCCCCCC.CCCC[N+](CCCC)(CCCC)CCCC.CC[N+](CC)(CCO)CCOCC(C)O.C[N+](C)(C)C1CCCCC1.C[N+](C)(C)CCO. The highest BCUT2D eigenvalue weighted by molar-refractivity contribution is 4.64. The molecule has 1 unspecified atom stereocenters. The summed E-state index contributed by atoms with van der Waals surface area (Å²) in [5.74, 6) is 0. The fourth-order valence-electron chi connectivity index (χ4n) is 10.6. The topological polar surface area (TPSA) is 69.9 Å². The first-order valence-electron chi connectivity index (χ1n) is 33.3. The van der Waals surface area contributed by atoms with E-state index in [2.05, 4.69) is 112 Å². The van der Waals surface area contributed by atoms with Crippen LogP contribution >= 0.6 is 0 Å². The van der Waals surface area contributed by atoms with Crippen molar-refractivity contribution in [2.24, 2.45) is 0 Å². The summed E-state index contributed by atoms with van der Waals surface area (Å²) in [5.41, 5.74) is 0. The minimum atomic E-state index is -0.395. The third-order valence-corrected chi connectivity index (χ3v) is 16.5. The monoisotopic (exact) mass is 1080 g/mol. The zero-order valence-corrected chi connectivity index (χ0v) is 55.4. The molecule has 1 saturated carbocycles. The predicted molar refractivity (Wildman–Crippen MR) is 336 cm³/mol. The minimum absolute atomic E-state index is 0.220. The Hall–Kier alpha value is -0.360. The van der Waals surface area contributed by atoms with Gasteiger partial charge in [-0.3, -0.25) is 0 Å². The molecule has 458 valence electrons. The first-order valence-corrected chi connectivity index (χ1v) is 33.3. The second kappa shape index (κ2) is 55.5. The van der Waals surface area contributed by atoms with Crippen molar-refractivity contribution in [2.45, 2.75) is 280 Å². The second-order valence-corrected chi connectivity index (χ2v) is 26.0. The molecule has 0 aromatic rings. The Morgan fingerprint density at radius 2 is 0.720 bits per heavy atom. The molecule has 0 aromatic heterocycles. The molecule has 0 aliphatic heterocycles. The van der Waals surface area contributed by atoms with Crippen LogP contribution in [0.1, 0.15) is 268 Å². The van der Waals surface area contributed by atoms with E-state index in [9.17, 15) is 0 Å². The lowest BCUT2D eigenvalue weighted by Gasteiger charge is -2.39. The summed E-state index contributed by atoms with van der Waals surface area (Å²) in [5, 5.41) is 26.4. The highest BCUT2D eigenvalue weighted by Crippen LogP contribution is 2.24. The van der Waals surface area contributed by atoms with E-state index >= 15 is 0 Å². The number of rotatable bonds is 45. The van der Waals surface area contributed by atoms with Crippen molar-refractivity contribution in [3.05, 3.63) is 0 Å². The van der Waals surface area contributed by atoms with Gasteiger partial charge in [0.2, 0.25) is 0 Å². The van der Waals surface area contributed by atoms with Crippen molar-refractivity contribution in [2.75, 3.05) is 154 Å². The lowest BCUT2D eigenvalue weighted by atomic mass is 9.94. The van der Waals surface area contributed by atoms with Gasteiger partial charge in [-0.15, -0.1) is 0 Å². The summed E-state index contributed by atoms with van der Waals surface area (Å²) in [6.45, 7) is 38.3.